The molecule has 1 fully saturated rings. The molecule has 1 aromatic rings. The molecular weight excluding hydrogens is 313 g/mol. The van der Waals surface area contributed by atoms with Crippen LogP contribution in [-0.2, 0) is 9.53 Å². The highest BCUT2D eigenvalue weighted by molar-refractivity contribution is 6.57. The summed E-state index contributed by atoms with van der Waals surface area (Å²) in [6, 6.07) is 3.13. The van der Waals surface area contributed by atoms with E-state index in [1.54, 1.807) is 6.07 Å². The lowest BCUT2D eigenvalue weighted by molar-refractivity contribution is -0.114. The number of hydrogen-bond acceptors (Lipinski definition) is 3. The van der Waals surface area contributed by atoms with Crippen LogP contribution >= 0.6 is 23.2 Å². The van der Waals surface area contributed by atoms with Crippen molar-refractivity contribution >= 4 is 40.6 Å². The maximum atomic E-state index is 12.2. The minimum Gasteiger partial charge on any atom is -0.370 e. The van der Waals surface area contributed by atoms with Crippen molar-refractivity contribution in [3.05, 3.63) is 27.7 Å². The number of hydrogen-bond donors (Lipinski definition) is 0. The summed E-state index contributed by atoms with van der Waals surface area (Å²) in [5, 5.41) is 0.605. The summed E-state index contributed by atoms with van der Waals surface area (Å²) in [7, 11) is 0. The number of fused-ring (bicyclic) bond motifs is 1. The maximum Gasteiger partial charge on any atom is 0.299 e. The Kier molecular flexibility index (Phi) is 3.51. The van der Waals surface area contributed by atoms with E-state index in [1.165, 1.54) is 11.0 Å². The number of carbonyl (C=O) groups is 2. The largest absolute Gasteiger partial charge is 0.370 e. The summed E-state index contributed by atoms with van der Waals surface area (Å²) in [5.74, 6) is -1.19. The molecule has 0 aromatic heterocycles. The molecule has 1 saturated heterocycles. The van der Waals surface area contributed by atoms with E-state index in [0.29, 0.717) is 17.3 Å². The van der Waals surface area contributed by atoms with Gasteiger partial charge in [-0.2, -0.15) is 0 Å². The van der Waals surface area contributed by atoms with Gasteiger partial charge in [0.2, 0.25) is 0 Å². The van der Waals surface area contributed by atoms with Gasteiger partial charge in [-0.05, 0) is 38.8 Å². The van der Waals surface area contributed by atoms with Gasteiger partial charge in [0.25, 0.3) is 11.7 Å². The van der Waals surface area contributed by atoms with Crippen molar-refractivity contribution < 1.29 is 14.3 Å². The summed E-state index contributed by atoms with van der Waals surface area (Å²) in [6.45, 7) is 4.35. The standard InChI is InChI=1S/C15H15Cl2NO3/c1-15(2)6-5-8(21-15)7-18-12-10(17)4-3-9(16)11(12)13(19)14(18)20/h3-4,8H,5-7H2,1-2H3. The van der Waals surface area contributed by atoms with Crippen LogP contribution in [0.1, 0.15) is 37.0 Å². The highest BCUT2D eigenvalue weighted by atomic mass is 35.5. The van der Waals surface area contributed by atoms with Crippen LogP contribution in [0.15, 0.2) is 12.1 Å². The highest BCUT2D eigenvalue weighted by Gasteiger charge is 2.42. The van der Waals surface area contributed by atoms with Crippen LogP contribution in [0.5, 0.6) is 0 Å². The maximum absolute atomic E-state index is 12.2. The molecule has 6 heteroatoms. The van der Waals surface area contributed by atoms with E-state index in [0.717, 1.165) is 12.8 Å². The fourth-order valence-corrected chi connectivity index (χ4v) is 3.43. The zero-order valence-electron chi connectivity index (χ0n) is 11.8. The van der Waals surface area contributed by atoms with Gasteiger partial charge in [0.05, 0.1) is 39.5 Å². The Balaban J connectivity index is 1.93. The van der Waals surface area contributed by atoms with Crippen molar-refractivity contribution in [2.24, 2.45) is 0 Å². The van der Waals surface area contributed by atoms with Gasteiger partial charge in [-0.25, -0.2) is 0 Å². The first-order chi connectivity index (χ1) is 9.80. The van der Waals surface area contributed by atoms with Gasteiger partial charge in [-0.15, -0.1) is 0 Å². The first kappa shape index (κ1) is 14.8. The average Bonchev–Trinajstić information content (AvgIpc) is 2.87. The molecule has 1 aromatic carbocycles. The minimum absolute atomic E-state index is 0.0993. The number of benzene rings is 1. The molecular formula is C15H15Cl2NO3. The average molecular weight is 328 g/mol. The van der Waals surface area contributed by atoms with Gasteiger partial charge in [-0.3, -0.25) is 9.59 Å². The second kappa shape index (κ2) is 4.97. The quantitative estimate of drug-likeness (QED) is 0.781. The summed E-state index contributed by atoms with van der Waals surface area (Å²) < 4.78 is 5.90. The number of anilines is 1. The van der Waals surface area contributed by atoms with Crippen LogP contribution in [0.3, 0.4) is 0 Å². The van der Waals surface area contributed by atoms with Gasteiger partial charge < -0.3 is 9.64 Å². The number of ketones is 1. The van der Waals surface area contributed by atoms with Gasteiger partial charge in [-0.1, -0.05) is 23.2 Å². The Bertz CT molecular complexity index is 642. The number of ether oxygens (including phenoxy) is 1. The lowest BCUT2D eigenvalue weighted by atomic mass is 10.1. The Labute approximate surface area is 133 Å². The number of amides is 1. The summed E-state index contributed by atoms with van der Waals surface area (Å²) in [6.07, 6.45) is 1.67. The molecule has 0 radical (unpaired) electrons. The molecule has 21 heavy (non-hydrogen) atoms. The van der Waals surface area contributed by atoms with E-state index >= 15 is 0 Å². The minimum atomic E-state index is -0.602. The van der Waals surface area contributed by atoms with Crippen molar-refractivity contribution in [1.82, 2.24) is 0 Å². The van der Waals surface area contributed by atoms with Crippen molar-refractivity contribution in [2.75, 3.05) is 11.4 Å². The molecule has 0 spiro atoms. The molecule has 0 bridgehead atoms. The van der Waals surface area contributed by atoms with Crippen LogP contribution in [0.25, 0.3) is 0 Å². The molecule has 0 aliphatic carbocycles. The van der Waals surface area contributed by atoms with Crippen LogP contribution in [0.4, 0.5) is 5.69 Å². The normalized spacial score (nSPS) is 23.8. The number of Topliss-reactive ketones (excluding diaryl/α,β-unsaturated/α-hetero) is 1. The van der Waals surface area contributed by atoms with Crippen LogP contribution in [0, 0.1) is 0 Å². The monoisotopic (exact) mass is 327 g/mol. The van der Waals surface area contributed by atoms with E-state index in [1.807, 2.05) is 13.8 Å². The van der Waals surface area contributed by atoms with Crippen LogP contribution in [-0.4, -0.2) is 29.9 Å². The number of carbonyl (C=O) groups excluding carboxylic acids is 2. The van der Waals surface area contributed by atoms with Crippen molar-refractivity contribution in [3.8, 4) is 0 Å². The Hall–Kier alpha value is -1.10. The van der Waals surface area contributed by atoms with Gasteiger partial charge in [0.15, 0.2) is 0 Å². The number of halogens is 2. The predicted molar refractivity (Wildman–Crippen MR) is 81.3 cm³/mol. The van der Waals surface area contributed by atoms with Gasteiger partial charge in [0, 0.05) is 0 Å². The van der Waals surface area contributed by atoms with E-state index in [9.17, 15) is 9.59 Å². The topological polar surface area (TPSA) is 46.6 Å². The molecule has 2 heterocycles. The zero-order chi connectivity index (χ0) is 15.4. The first-order valence-electron chi connectivity index (χ1n) is 6.82. The van der Waals surface area contributed by atoms with Crippen molar-refractivity contribution in [1.29, 1.82) is 0 Å². The van der Waals surface area contributed by atoms with E-state index in [-0.39, 0.29) is 22.3 Å². The first-order valence-corrected chi connectivity index (χ1v) is 7.58. The lowest BCUT2D eigenvalue weighted by Crippen LogP contribution is -2.37. The molecule has 1 unspecified atom stereocenters. The zero-order valence-corrected chi connectivity index (χ0v) is 13.3. The summed E-state index contributed by atoms with van der Waals surface area (Å²) >= 11 is 12.2. The van der Waals surface area contributed by atoms with Gasteiger partial charge in [0.1, 0.15) is 0 Å². The smallest absolute Gasteiger partial charge is 0.299 e. The third-order valence-electron chi connectivity index (χ3n) is 3.95. The van der Waals surface area contributed by atoms with Crippen molar-refractivity contribution in [2.45, 2.75) is 38.4 Å². The molecule has 0 N–H and O–H groups in total. The number of rotatable bonds is 2. The fourth-order valence-electron chi connectivity index (χ4n) is 2.94. The second-order valence-corrected chi connectivity index (χ2v) is 6.85. The molecule has 1 amide bonds. The molecule has 2 aliphatic heterocycles. The van der Waals surface area contributed by atoms with E-state index in [4.69, 9.17) is 27.9 Å². The van der Waals surface area contributed by atoms with E-state index in [2.05, 4.69) is 0 Å². The molecule has 3 rings (SSSR count). The Morgan fingerprint density at radius 1 is 1.29 bits per heavy atom. The van der Waals surface area contributed by atoms with Gasteiger partial charge >= 0.3 is 0 Å². The second-order valence-electron chi connectivity index (χ2n) is 6.04. The Morgan fingerprint density at radius 3 is 2.57 bits per heavy atom. The van der Waals surface area contributed by atoms with Crippen molar-refractivity contribution in [3.63, 3.8) is 0 Å². The highest BCUT2D eigenvalue weighted by Crippen LogP contribution is 2.41. The summed E-state index contributed by atoms with van der Waals surface area (Å²) in [5.41, 5.74) is 0.414. The predicted octanol–water partition coefficient (Wildman–Crippen LogP) is 3.48. The lowest BCUT2D eigenvalue weighted by Gasteiger charge is -2.24. The molecule has 2 aliphatic rings. The third-order valence-corrected chi connectivity index (χ3v) is 4.57. The third kappa shape index (κ3) is 2.45. The SMILES string of the molecule is CC1(C)CCC(CN2C(=O)C(=O)c3c(Cl)ccc(Cl)c32)O1. The van der Waals surface area contributed by atoms with E-state index < -0.39 is 11.7 Å². The van der Waals surface area contributed by atoms with Crippen LogP contribution < -0.4 is 4.90 Å². The molecule has 1 atom stereocenters. The summed E-state index contributed by atoms with van der Waals surface area (Å²) in [4.78, 5) is 25.7. The number of nitrogens with zero attached hydrogens (tertiary/aromatic N) is 1. The molecule has 112 valence electrons. The molecule has 0 saturated carbocycles. The fraction of sp³-hybridized carbons (Fsp3) is 0.467. The Morgan fingerprint density at radius 2 is 1.95 bits per heavy atom. The van der Waals surface area contributed by atoms with Crippen LogP contribution in [0.2, 0.25) is 10.0 Å². The molecule has 4 nitrogen and oxygen atoms in total.